The highest BCUT2D eigenvalue weighted by Gasteiger charge is 2.25. The lowest BCUT2D eigenvalue weighted by atomic mass is 9.95. The van der Waals surface area contributed by atoms with Crippen molar-refractivity contribution in [3.63, 3.8) is 0 Å². The highest BCUT2D eigenvalue weighted by molar-refractivity contribution is 7.92. The van der Waals surface area contributed by atoms with Crippen molar-refractivity contribution in [1.82, 2.24) is 20.2 Å². The molecule has 0 atom stereocenters. The van der Waals surface area contributed by atoms with E-state index in [9.17, 15) is 13.2 Å². The molecule has 4 rings (SSSR count). The molecule has 0 unspecified atom stereocenters. The van der Waals surface area contributed by atoms with Gasteiger partial charge in [-0.15, -0.1) is 0 Å². The molecule has 1 aromatic heterocycles. The minimum atomic E-state index is -3.52. The van der Waals surface area contributed by atoms with Crippen LogP contribution in [0, 0.1) is 5.92 Å². The van der Waals surface area contributed by atoms with Crippen molar-refractivity contribution in [1.29, 1.82) is 0 Å². The summed E-state index contributed by atoms with van der Waals surface area (Å²) < 4.78 is 25.6. The third-order valence-electron chi connectivity index (χ3n) is 6.80. The van der Waals surface area contributed by atoms with E-state index < -0.39 is 15.1 Å². The minimum absolute atomic E-state index is 0.00113. The first-order valence-corrected chi connectivity index (χ1v) is 15.2. The van der Waals surface area contributed by atoms with Crippen molar-refractivity contribution < 1.29 is 18.3 Å². The molecule has 214 valence electrons. The van der Waals surface area contributed by atoms with Gasteiger partial charge in [0.1, 0.15) is 5.02 Å². The third kappa shape index (κ3) is 7.48. The first-order chi connectivity index (χ1) is 19.2. The largest absolute Gasteiger partial charge is 0.395 e. The van der Waals surface area contributed by atoms with E-state index >= 15 is 0 Å². The fourth-order valence-electron chi connectivity index (χ4n) is 4.47. The number of amides is 1. The number of piperidine rings is 1. The molecule has 1 aliphatic heterocycles. The number of rotatable bonds is 11. The summed E-state index contributed by atoms with van der Waals surface area (Å²) in [6.45, 7) is 6.00. The van der Waals surface area contributed by atoms with Gasteiger partial charge in [0.15, 0.2) is 15.7 Å². The monoisotopic (exact) mass is 586 g/mol. The summed E-state index contributed by atoms with van der Waals surface area (Å²) in [5, 5.41) is 17.6. The lowest BCUT2D eigenvalue weighted by Crippen LogP contribution is -2.40. The summed E-state index contributed by atoms with van der Waals surface area (Å²) in [5.74, 6) is 0.624. The number of nitrogens with one attached hydrogen (secondary N) is 3. The number of aromatic nitrogens is 2. The number of hydrogen-bond donors (Lipinski definition) is 4. The Labute approximate surface area is 240 Å². The highest BCUT2D eigenvalue weighted by atomic mass is 35.5. The van der Waals surface area contributed by atoms with Gasteiger partial charge in [0.2, 0.25) is 11.9 Å². The van der Waals surface area contributed by atoms with Crippen molar-refractivity contribution in [2.75, 3.05) is 36.9 Å². The Morgan fingerprint density at radius 2 is 1.80 bits per heavy atom. The van der Waals surface area contributed by atoms with Gasteiger partial charge in [-0.3, -0.25) is 9.69 Å². The van der Waals surface area contributed by atoms with Crippen LogP contribution in [0.5, 0.6) is 0 Å². The second kappa shape index (κ2) is 13.4. The number of sulfone groups is 1. The average molecular weight is 587 g/mol. The van der Waals surface area contributed by atoms with Crippen LogP contribution < -0.4 is 16.0 Å². The van der Waals surface area contributed by atoms with Crippen LogP contribution in [0.2, 0.25) is 5.02 Å². The van der Waals surface area contributed by atoms with E-state index in [0.29, 0.717) is 18.2 Å². The SMILES string of the molecule is CC(C)S(=O)(=O)c1ccccc1Nc1nc(Nc2ccc(CN3CCC(C(=O)NCCO)CC3)cc2)ncc1Cl. The summed E-state index contributed by atoms with van der Waals surface area (Å²) in [4.78, 5) is 23.4. The van der Waals surface area contributed by atoms with Gasteiger partial charge in [-0.2, -0.15) is 4.98 Å². The Morgan fingerprint density at radius 1 is 1.10 bits per heavy atom. The first kappa shape index (κ1) is 29.7. The van der Waals surface area contributed by atoms with Gasteiger partial charge >= 0.3 is 0 Å². The van der Waals surface area contributed by atoms with Gasteiger partial charge < -0.3 is 21.1 Å². The molecule has 3 aromatic rings. The van der Waals surface area contributed by atoms with Crippen molar-refractivity contribution >= 4 is 50.5 Å². The Balaban J connectivity index is 1.37. The van der Waals surface area contributed by atoms with Gasteiger partial charge in [-0.1, -0.05) is 35.9 Å². The second-order valence-corrected chi connectivity index (χ2v) is 12.9. The molecule has 0 saturated carbocycles. The van der Waals surface area contributed by atoms with E-state index in [-0.39, 0.29) is 34.2 Å². The number of aliphatic hydroxyl groups is 1. The van der Waals surface area contributed by atoms with Crippen LogP contribution in [-0.2, 0) is 21.2 Å². The van der Waals surface area contributed by atoms with Crippen molar-refractivity contribution in [2.24, 2.45) is 5.92 Å². The maximum atomic E-state index is 12.8. The van der Waals surface area contributed by atoms with E-state index in [0.717, 1.165) is 43.7 Å². The van der Waals surface area contributed by atoms with Crippen LogP contribution >= 0.6 is 11.6 Å². The highest BCUT2D eigenvalue weighted by Crippen LogP contribution is 2.30. The number of carbonyl (C=O) groups excluding carboxylic acids is 1. The van der Waals surface area contributed by atoms with Crippen LogP contribution in [0.4, 0.5) is 23.1 Å². The van der Waals surface area contributed by atoms with E-state index in [1.807, 2.05) is 24.3 Å². The number of aliphatic hydroxyl groups excluding tert-OH is 1. The topological polar surface area (TPSA) is 137 Å². The van der Waals surface area contributed by atoms with Gasteiger partial charge in [0, 0.05) is 24.7 Å². The molecule has 2 aromatic carbocycles. The summed E-state index contributed by atoms with van der Waals surface area (Å²) in [7, 11) is -3.52. The number of anilines is 4. The molecule has 0 bridgehead atoms. The predicted molar refractivity (Wildman–Crippen MR) is 157 cm³/mol. The van der Waals surface area contributed by atoms with Gasteiger partial charge in [-0.25, -0.2) is 13.4 Å². The van der Waals surface area contributed by atoms with Gasteiger partial charge in [-0.05, 0) is 69.6 Å². The summed E-state index contributed by atoms with van der Waals surface area (Å²) in [6.07, 6.45) is 3.06. The number of para-hydroxylation sites is 1. The zero-order valence-corrected chi connectivity index (χ0v) is 24.2. The van der Waals surface area contributed by atoms with E-state index in [1.54, 1.807) is 38.1 Å². The number of halogens is 1. The Morgan fingerprint density at radius 3 is 2.48 bits per heavy atom. The fraction of sp³-hybridized carbons (Fsp3) is 0.393. The lowest BCUT2D eigenvalue weighted by Gasteiger charge is -2.31. The van der Waals surface area contributed by atoms with Crippen molar-refractivity contribution in [3.8, 4) is 0 Å². The Hall–Kier alpha value is -3.25. The van der Waals surface area contributed by atoms with Gasteiger partial charge in [0.05, 0.1) is 28.6 Å². The zero-order chi connectivity index (χ0) is 28.7. The van der Waals surface area contributed by atoms with Crippen LogP contribution in [-0.4, -0.2) is 65.8 Å². The van der Waals surface area contributed by atoms with E-state index in [4.69, 9.17) is 16.7 Å². The molecular formula is C28H35ClN6O4S. The Bertz CT molecular complexity index is 1410. The molecule has 12 heteroatoms. The smallest absolute Gasteiger partial charge is 0.229 e. The Kier molecular flexibility index (Phi) is 9.96. The molecule has 1 aliphatic rings. The molecule has 1 fully saturated rings. The molecule has 4 N–H and O–H groups in total. The maximum absolute atomic E-state index is 12.8. The van der Waals surface area contributed by atoms with Gasteiger partial charge in [0.25, 0.3) is 0 Å². The molecule has 0 spiro atoms. The molecule has 1 amide bonds. The molecular weight excluding hydrogens is 552 g/mol. The first-order valence-electron chi connectivity index (χ1n) is 13.3. The molecule has 1 saturated heterocycles. The number of hydrogen-bond acceptors (Lipinski definition) is 9. The number of benzene rings is 2. The van der Waals surface area contributed by atoms with Crippen molar-refractivity contribution in [2.45, 2.75) is 43.4 Å². The summed E-state index contributed by atoms with van der Waals surface area (Å²) >= 11 is 6.34. The standard InChI is InChI=1S/C28H35ClN6O4S/c1-19(2)40(38,39)25-6-4-3-5-24(25)33-26-23(29)17-31-28(34-26)32-22-9-7-20(8-10-22)18-35-14-11-21(12-15-35)27(37)30-13-16-36/h3-10,17,19,21,36H,11-16,18H2,1-2H3,(H,30,37)(H2,31,32,33,34). The molecule has 10 nitrogen and oxygen atoms in total. The average Bonchev–Trinajstić information content (AvgIpc) is 2.95. The lowest BCUT2D eigenvalue weighted by molar-refractivity contribution is -0.126. The predicted octanol–water partition coefficient (Wildman–Crippen LogP) is 4.12. The number of nitrogens with zero attached hydrogens (tertiary/aromatic N) is 3. The fourth-order valence-corrected chi connectivity index (χ4v) is 5.81. The van der Waals surface area contributed by atoms with Crippen LogP contribution in [0.25, 0.3) is 0 Å². The quantitative estimate of drug-likeness (QED) is 0.261. The molecule has 0 aliphatic carbocycles. The minimum Gasteiger partial charge on any atom is -0.395 e. The third-order valence-corrected chi connectivity index (χ3v) is 9.28. The second-order valence-electron chi connectivity index (χ2n) is 9.99. The van der Waals surface area contributed by atoms with Crippen molar-refractivity contribution in [3.05, 3.63) is 65.3 Å². The van der Waals surface area contributed by atoms with Crippen LogP contribution in [0.3, 0.4) is 0 Å². The van der Waals surface area contributed by atoms with Crippen LogP contribution in [0.1, 0.15) is 32.3 Å². The molecule has 0 radical (unpaired) electrons. The summed E-state index contributed by atoms with van der Waals surface area (Å²) in [5.41, 5.74) is 2.33. The zero-order valence-electron chi connectivity index (χ0n) is 22.6. The van der Waals surface area contributed by atoms with E-state index in [2.05, 4.69) is 30.8 Å². The maximum Gasteiger partial charge on any atom is 0.229 e. The molecule has 40 heavy (non-hydrogen) atoms. The van der Waals surface area contributed by atoms with E-state index in [1.165, 1.54) is 6.20 Å². The number of likely N-dealkylation sites (tertiary alicyclic amines) is 1. The number of carbonyl (C=O) groups is 1. The normalized spacial score (nSPS) is 14.7. The van der Waals surface area contributed by atoms with Crippen LogP contribution in [0.15, 0.2) is 59.6 Å². The molecule has 2 heterocycles. The summed E-state index contributed by atoms with van der Waals surface area (Å²) in [6, 6.07) is 14.6.